The van der Waals surface area contributed by atoms with E-state index in [1.165, 1.54) is 40.3 Å². The minimum Gasteiger partial charge on any atom is -0.496 e. The van der Waals surface area contributed by atoms with Gasteiger partial charge in [0.05, 0.1) is 43.7 Å². The summed E-state index contributed by atoms with van der Waals surface area (Å²) in [5.74, 6) is -0.927. The average Bonchev–Trinajstić information content (AvgIpc) is 3.34. The van der Waals surface area contributed by atoms with Gasteiger partial charge in [-0.25, -0.2) is 13.9 Å². The molecule has 0 aliphatic heterocycles. The van der Waals surface area contributed by atoms with E-state index in [9.17, 15) is 27.5 Å². The van der Waals surface area contributed by atoms with E-state index in [0.717, 1.165) is 17.7 Å². The molecule has 41 heavy (non-hydrogen) atoms. The Morgan fingerprint density at radius 3 is 2.46 bits per heavy atom. The second-order valence-corrected chi connectivity index (χ2v) is 10.6. The van der Waals surface area contributed by atoms with Crippen LogP contribution in [0.5, 0.6) is 5.75 Å². The second kappa shape index (κ2) is 11.0. The summed E-state index contributed by atoms with van der Waals surface area (Å²) in [6, 6.07) is 13.7. The predicted octanol–water partition coefficient (Wildman–Crippen LogP) is 6.34. The molecule has 1 heterocycles. The van der Waals surface area contributed by atoms with Gasteiger partial charge in [0.2, 0.25) is 0 Å². The number of carbonyl (C=O) groups excluding carboxylic acids is 1. The molecule has 0 saturated heterocycles. The highest BCUT2D eigenvalue weighted by Gasteiger charge is 2.56. The van der Waals surface area contributed by atoms with Gasteiger partial charge in [0.1, 0.15) is 11.6 Å². The molecule has 7 nitrogen and oxygen atoms in total. The Morgan fingerprint density at radius 1 is 1.07 bits per heavy atom. The molecule has 0 fully saturated rings. The van der Waals surface area contributed by atoms with E-state index >= 15 is 0 Å². The first-order valence-corrected chi connectivity index (χ1v) is 12.7. The molecule has 11 heteroatoms. The number of carbonyl (C=O) groups is 1. The fraction of sp³-hybridized carbons (Fsp3) is 0.333. The number of alkyl halides is 3. The predicted molar refractivity (Wildman–Crippen MR) is 147 cm³/mol. The molecule has 1 aromatic heterocycles. The highest BCUT2D eigenvalue weighted by atomic mass is 19.4. The summed E-state index contributed by atoms with van der Waals surface area (Å²) in [4.78, 5) is 12.0. The number of fused-ring (bicyclic) bond motifs is 1. The summed E-state index contributed by atoms with van der Waals surface area (Å²) in [6.07, 6.45) is -4.29. The van der Waals surface area contributed by atoms with Crippen LogP contribution in [-0.4, -0.2) is 53.4 Å². The number of ether oxygens (including phenoxy) is 2. The van der Waals surface area contributed by atoms with Crippen LogP contribution in [0, 0.1) is 12.7 Å². The number of esters is 1. The Kier molecular flexibility index (Phi) is 8.04. The fourth-order valence-electron chi connectivity index (χ4n) is 5.04. The van der Waals surface area contributed by atoms with Crippen molar-refractivity contribution in [2.45, 2.75) is 44.4 Å². The van der Waals surface area contributed by atoms with Crippen molar-refractivity contribution in [3.05, 3.63) is 83.3 Å². The summed E-state index contributed by atoms with van der Waals surface area (Å²) in [5.41, 5.74) is -1.80. The molecule has 0 bridgehead atoms. The first-order valence-electron chi connectivity index (χ1n) is 12.7. The van der Waals surface area contributed by atoms with Crippen LogP contribution in [0.1, 0.15) is 41.8 Å². The largest absolute Gasteiger partial charge is 0.496 e. The van der Waals surface area contributed by atoms with Crippen molar-refractivity contribution in [2.24, 2.45) is 0 Å². The van der Waals surface area contributed by atoms with Crippen LogP contribution in [0.25, 0.3) is 16.6 Å². The summed E-state index contributed by atoms with van der Waals surface area (Å²) in [7, 11) is 2.62. The summed E-state index contributed by atoms with van der Waals surface area (Å²) >= 11 is 0. The first kappa shape index (κ1) is 29.9. The van der Waals surface area contributed by atoms with Gasteiger partial charge in [-0.1, -0.05) is 19.9 Å². The lowest BCUT2D eigenvalue weighted by molar-refractivity contribution is -0.260. The van der Waals surface area contributed by atoms with Crippen molar-refractivity contribution in [3.8, 4) is 11.4 Å². The smallest absolute Gasteiger partial charge is 0.418 e. The monoisotopic (exact) mass is 573 g/mol. The van der Waals surface area contributed by atoms with Gasteiger partial charge in [0.25, 0.3) is 0 Å². The minimum absolute atomic E-state index is 0.205. The number of aryl methyl sites for hydroxylation is 1. The Labute approximate surface area is 234 Å². The third-order valence-electron chi connectivity index (χ3n) is 7.07. The van der Waals surface area contributed by atoms with E-state index in [1.807, 2.05) is 6.07 Å². The van der Waals surface area contributed by atoms with Crippen LogP contribution in [0.3, 0.4) is 0 Å². The lowest BCUT2D eigenvalue weighted by atomic mass is 9.74. The first-order chi connectivity index (χ1) is 19.2. The molecule has 0 aliphatic carbocycles. The van der Waals surface area contributed by atoms with E-state index in [1.54, 1.807) is 41.9 Å². The quantitative estimate of drug-likeness (QED) is 0.180. The molecule has 1 atom stereocenters. The average molecular weight is 574 g/mol. The van der Waals surface area contributed by atoms with Crippen molar-refractivity contribution in [1.82, 2.24) is 9.78 Å². The second-order valence-electron chi connectivity index (χ2n) is 10.6. The van der Waals surface area contributed by atoms with Gasteiger partial charge < -0.3 is 19.9 Å². The molecule has 3 aromatic carbocycles. The number of benzene rings is 3. The number of halogens is 4. The van der Waals surface area contributed by atoms with Gasteiger partial charge in [-0.3, -0.25) is 0 Å². The molecular weight excluding hydrogens is 542 g/mol. The molecular formula is C30H31F4N3O4. The van der Waals surface area contributed by atoms with E-state index < -0.39 is 41.9 Å². The van der Waals surface area contributed by atoms with Gasteiger partial charge in [0, 0.05) is 16.6 Å². The maximum absolute atomic E-state index is 14.4. The molecule has 0 aliphatic rings. The third-order valence-corrected chi connectivity index (χ3v) is 7.07. The van der Waals surface area contributed by atoms with E-state index in [0.29, 0.717) is 27.8 Å². The molecule has 0 amide bonds. The number of nitrogens with zero attached hydrogens (tertiary/aromatic N) is 2. The Bertz CT molecular complexity index is 1580. The van der Waals surface area contributed by atoms with Crippen molar-refractivity contribution in [1.29, 1.82) is 0 Å². The number of hydrogen-bond acceptors (Lipinski definition) is 6. The highest BCUT2D eigenvalue weighted by Crippen LogP contribution is 2.44. The van der Waals surface area contributed by atoms with E-state index in [4.69, 9.17) is 9.47 Å². The lowest BCUT2D eigenvalue weighted by Crippen LogP contribution is -2.53. The molecule has 0 radical (unpaired) electrons. The van der Waals surface area contributed by atoms with Crippen LogP contribution < -0.4 is 10.1 Å². The van der Waals surface area contributed by atoms with Crippen molar-refractivity contribution < 1.29 is 36.9 Å². The van der Waals surface area contributed by atoms with Crippen LogP contribution in [0.2, 0.25) is 0 Å². The lowest BCUT2D eigenvalue weighted by Gasteiger charge is -2.38. The van der Waals surface area contributed by atoms with Gasteiger partial charge in [-0.15, -0.1) is 0 Å². The number of aliphatic hydroxyl groups is 1. The van der Waals surface area contributed by atoms with Gasteiger partial charge in [0.15, 0.2) is 5.60 Å². The summed E-state index contributed by atoms with van der Waals surface area (Å²) in [5, 5.41) is 18.8. The molecule has 218 valence electrons. The highest BCUT2D eigenvalue weighted by molar-refractivity contribution is 5.94. The third kappa shape index (κ3) is 6.00. The number of rotatable bonds is 9. The van der Waals surface area contributed by atoms with Crippen LogP contribution in [-0.2, 0) is 10.2 Å². The number of methoxy groups -OCH3 is 2. The van der Waals surface area contributed by atoms with Crippen LogP contribution in [0.15, 0.2) is 60.8 Å². The molecule has 0 saturated carbocycles. The summed E-state index contributed by atoms with van der Waals surface area (Å²) < 4.78 is 68.9. The number of hydrogen-bond donors (Lipinski definition) is 2. The minimum atomic E-state index is -5.01. The summed E-state index contributed by atoms with van der Waals surface area (Å²) in [6.45, 7) is 3.90. The van der Waals surface area contributed by atoms with Gasteiger partial charge in [-0.2, -0.15) is 18.3 Å². The Morgan fingerprint density at radius 2 is 1.80 bits per heavy atom. The molecule has 0 spiro atoms. The van der Waals surface area contributed by atoms with Gasteiger partial charge in [-0.05, 0) is 72.9 Å². The maximum Gasteiger partial charge on any atom is 0.418 e. The van der Waals surface area contributed by atoms with Crippen LogP contribution >= 0.6 is 0 Å². The fourth-order valence-corrected chi connectivity index (χ4v) is 5.04. The molecule has 0 unspecified atom stereocenters. The standard InChI is InChI=1S/C30H31F4N3O4/c1-18-11-24(22-15-36-37(25(22)12-18)21-8-6-7-19(13-21)27(38)41-5)35-17-29(39,30(32,33)34)16-28(2,3)23-14-20(31)9-10-26(23)40-4/h6-15,35,39H,16-17H2,1-5H3/t29-/m0/s1. The zero-order chi connectivity index (χ0) is 30.2. The molecule has 2 N–H and O–H groups in total. The number of aromatic nitrogens is 2. The zero-order valence-electron chi connectivity index (χ0n) is 23.3. The van der Waals surface area contributed by atoms with Crippen LogP contribution in [0.4, 0.5) is 23.2 Å². The Hall–Kier alpha value is -4.12. The van der Waals surface area contributed by atoms with E-state index in [2.05, 4.69) is 10.4 Å². The molecule has 4 rings (SSSR count). The van der Waals surface area contributed by atoms with Crippen molar-refractivity contribution >= 4 is 22.6 Å². The van der Waals surface area contributed by atoms with Crippen molar-refractivity contribution in [3.63, 3.8) is 0 Å². The van der Waals surface area contributed by atoms with Gasteiger partial charge >= 0.3 is 12.1 Å². The Balaban J connectivity index is 1.69. The number of nitrogens with one attached hydrogen (secondary N) is 1. The zero-order valence-corrected chi connectivity index (χ0v) is 23.3. The number of anilines is 1. The normalized spacial score (nSPS) is 13.6. The van der Waals surface area contributed by atoms with Crippen molar-refractivity contribution in [2.75, 3.05) is 26.1 Å². The maximum atomic E-state index is 14.4. The molecule has 4 aromatic rings. The van der Waals surface area contributed by atoms with E-state index in [-0.39, 0.29) is 11.3 Å². The SMILES string of the molecule is COC(=O)c1cccc(-n2ncc3c(NC[C@@](O)(CC(C)(C)c4cc(F)ccc4OC)C(F)(F)F)cc(C)cc32)c1. The topological polar surface area (TPSA) is 85.6 Å².